The zero-order valence-electron chi connectivity index (χ0n) is 13.7. The smallest absolute Gasteiger partial charge is 0.340 e. The van der Waals surface area contributed by atoms with E-state index in [1.807, 2.05) is 30.5 Å². The van der Waals surface area contributed by atoms with Crippen molar-refractivity contribution in [2.24, 2.45) is 0 Å². The number of carbonyl (C=O) groups is 1. The number of pyridine rings is 1. The fourth-order valence-electron chi connectivity index (χ4n) is 2.24. The molecule has 4 nitrogen and oxygen atoms in total. The summed E-state index contributed by atoms with van der Waals surface area (Å²) >= 11 is 1.60. The average molecular weight is 370 g/mol. The second-order valence-electron chi connectivity index (χ2n) is 5.45. The molecule has 1 aromatic heterocycles. The lowest BCUT2D eigenvalue weighted by Gasteiger charge is -2.18. The van der Waals surface area contributed by atoms with E-state index in [-0.39, 0.29) is 0 Å². The number of carbonyl (C=O) groups excluding carboxylic acids is 1. The van der Waals surface area contributed by atoms with Gasteiger partial charge < -0.3 is 9.47 Å². The normalized spacial score (nSPS) is 11.4. The van der Waals surface area contributed by atoms with Crippen LogP contribution >= 0.6 is 11.8 Å². The molecule has 0 aliphatic heterocycles. The Labute approximate surface area is 147 Å². The zero-order chi connectivity index (χ0) is 18.6. The van der Waals surface area contributed by atoms with Crippen molar-refractivity contribution >= 4 is 17.7 Å². The van der Waals surface area contributed by atoms with Crippen LogP contribution in [0, 0.1) is 0 Å². The van der Waals surface area contributed by atoms with E-state index in [4.69, 9.17) is 0 Å². The fourth-order valence-corrected chi connectivity index (χ4v) is 2.64. The number of rotatable bonds is 5. The van der Waals surface area contributed by atoms with Crippen LogP contribution in [0.15, 0.2) is 52.3 Å². The Kier molecular flexibility index (Phi) is 5.94. The minimum atomic E-state index is -4.74. The number of benzene rings is 1. The summed E-state index contributed by atoms with van der Waals surface area (Å²) < 4.78 is 39.1. The minimum Gasteiger partial charge on any atom is -0.340 e. The SMILES string of the molecule is CSc1ccc(CN(C)C(=O)Cn2cccc(C(F)(F)F)c2=O)cc1. The lowest BCUT2D eigenvalue weighted by Crippen LogP contribution is -2.35. The van der Waals surface area contributed by atoms with Crippen LogP contribution in [0.2, 0.25) is 0 Å². The molecule has 134 valence electrons. The number of hydrogen-bond donors (Lipinski definition) is 0. The van der Waals surface area contributed by atoms with Crippen LogP contribution in [0.25, 0.3) is 0 Å². The topological polar surface area (TPSA) is 42.3 Å². The van der Waals surface area contributed by atoms with Crippen molar-refractivity contribution in [3.63, 3.8) is 0 Å². The molecule has 0 atom stereocenters. The molecule has 25 heavy (non-hydrogen) atoms. The maximum absolute atomic E-state index is 12.8. The Morgan fingerprint density at radius 1 is 1.20 bits per heavy atom. The van der Waals surface area contributed by atoms with E-state index in [0.717, 1.165) is 21.1 Å². The first-order valence-corrected chi connectivity index (χ1v) is 8.58. The largest absolute Gasteiger partial charge is 0.421 e. The lowest BCUT2D eigenvalue weighted by atomic mass is 10.2. The highest BCUT2D eigenvalue weighted by molar-refractivity contribution is 7.98. The number of alkyl halides is 3. The molecule has 0 fully saturated rings. The van der Waals surface area contributed by atoms with Gasteiger partial charge in [-0.2, -0.15) is 13.2 Å². The Morgan fingerprint density at radius 2 is 1.84 bits per heavy atom. The monoisotopic (exact) mass is 370 g/mol. The number of halogens is 3. The third-order valence-electron chi connectivity index (χ3n) is 3.64. The van der Waals surface area contributed by atoms with Crippen LogP contribution in [0.5, 0.6) is 0 Å². The standard InChI is InChI=1S/C17H17F3N2O2S/c1-21(10-12-5-7-13(25-2)8-6-12)15(23)11-22-9-3-4-14(16(22)24)17(18,19)20/h3-9H,10-11H2,1-2H3. The molecule has 8 heteroatoms. The van der Waals surface area contributed by atoms with Gasteiger partial charge in [0.2, 0.25) is 5.91 Å². The molecule has 0 aliphatic carbocycles. The zero-order valence-corrected chi connectivity index (χ0v) is 14.5. The minimum absolute atomic E-state index is 0.307. The summed E-state index contributed by atoms with van der Waals surface area (Å²) in [6, 6.07) is 9.43. The van der Waals surface area contributed by atoms with Crippen LogP contribution in [0.4, 0.5) is 13.2 Å². The van der Waals surface area contributed by atoms with Crippen LogP contribution < -0.4 is 5.56 Å². The summed E-state index contributed by atoms with van der Waals surface area (Å²) in [6.07, 6.45) is -1.61. The molecule has 0 radical (unpaired) electrons. The molecule has 0 bridgehead atoms. The Bertz CT molecular complexity index is 801. The van der Waals surface area contributed by atoms with Gasteiger partial charge in [0, 0.05) is 24.7 Å². The Hall–Kier alpha value is -2.22. The molecule has 1 amide bonds. The molecule has 0 saturated heterocycles. The van der Waals surface area contributed by atoms with Crippen molar-refractivity contribution in [2.75, 3.05) is 13.3 Å². The predicted octanol–water partition coefficient (Wildman–Crippen LogP) is 3.25. The summed E-state index contributed by atoms with van der Waals surface area (Å²) in [5.41, 5.74) is -1.61. The van der Waals surface area contributed by atoms with Gasteiger partial charge in [-0.25, -0.2) is 0 Å². The highest BCUT2D eigenvalue weighted by atomic mass is 32.2. The summed E-state index contributed by atoms with van der Waals surface area (Å²) in [4.78, 5) is 26.6. The lowest BCUT2D eigenvalue weighted by molar-refractivity contribution is -0.139. The first-order chi connectivity index (χ1) is 11.7. The van der Waals surface area contributed by atoms with Crippen LogP contribution in [0.1, 0.15) is 11.1 Å². The maximum atomic E-state index is 12.8. The van der Waals surface area contributed by atoms with Crippen molar-refractivity contribution in [1.29, 1.82) is 0 Å². The maximum Gasteiger partial charge on any atom is 0.421 e. The van der Waals surface area contributed by atoms with Gasteiger partial charge in [0.1, 0.15) is 12.1 Å². The number of aromatic nitrogens is 1. The van der Waals surface area contributed by atoms with Gasteiger partial charge >= 0.3 is 6.18 Å². The number of hydrogen-bond acceptors (Lipinski definition) is 3. The van der Waals surface area contributed by atoms with Crippen molar-refractivity contribution < 1.29 is 18.0 Å². The first-order valence-electron chi connectivity index (χ1n) is 7.36. The van der Waals surface area contributed by atoms with E-state index >= 15 is 0 Å². The Balaban J connectivity index is 2.09. The van der Waals surface area contributed by atoms with E-state index in [0.29, 0.717) is 12.6 Å². The van der Waals surface area contributed by atoms with E-state index in [2.05, 4.69) is 0 Å². The second-order valence-corrected chi connectivity index (χ2v) is 6.33. The molecule has 0 spiro atoms. The van der Waals surface area contributed by atoms with E-state index in [1.54, 1.807) is 18.8 Å². The molecule has 0 N–H and O–H groups in total. The second kappa shape index (κ2) is 7.77. The molecular formula is C17H17F3N2O2S. The van der Waals surface area contributed by atoms with E-state index in [9.17, 15) is 22.8 Å². The molecule has 2 aromatic rings. The van der Waals surface area contributed by atoms with Crippen LogP contribution in [0.3, 0.4) is 0 Å². The van der Waals surface area contributed by atoms with Gasteiger partial charge in [-0.05, 0) is 36.1 Å². The summed E-state index contributed by atoms with van der Waals surface area (Å²) in [5.74, 6) is -0.449. The third kappa shape index (κ3) is 4.88. The van der Waals surface area contributed by atoms with Crippen molar-refractivity contribution in [2.45, 2.75) is 24.2 Å². The average Bonchev–Trinajstić information content (AvgIpc) is 2.56. The van der Waals surface area contributed by atoms with Crippen molar-refractivity contribution in [1.82, 2.24) is 9.47 Å². The summed E-state index contributed by atoms with van der Waals surface area (Å²) in [5, 5.41) is 0. The van der Waals surface area contributed by atoms with Gasteiger partial charge in [0.15, 0.2) is 0 Å². The Morgan fingerprint density at radius 3 is 2.40 bits per heavy atom. The van der Waals surface area contributed by atoms with Crippen LogP contribution in [-0.4, -0.2) is 28.7 Å². The van der Waals surface area contributed by atoms with Crippen molar-refractivity contribution in [3.05, 3.63) is 64.1 Å². The van der Waals surface area contributed by atoms with Crippen molar-refractivity contribution in [3.8, 4) is 0 Å². The molecule has 0 unspecified atom stereocenters. The van der Waals surface area contributed by atoms with Gasteiger partial charge in [0.05, 0.1) is 0 Å². The van der Waals surface area contributed by atoms with Gasteiger partial charge in [0.25, 0.3) is 5.56 Å². The van der Waals surface area contributed by atoms with Gasteiger partial charge in [-0.3, -0.25) is 9.59 Å². The summed E-state index contributed by atoms with van der Waals surface area (Å²) in [6.45, 7) is -0.136. The molecule has 2 rings (SSSR count). The third-order valence-corrected chi connectivity index (χ3v) is 4.38. The molecular weight excluding hydrogens is 353 g/mol. The highest BCUT2D eigenvalue weighted by Crippen LogP contribution is 2.26. The van der Waals surface area contributed by atoms with Gasteiger partial charge in [-0.15, -0.1) is 11.8 Å². The number of likely N-dealkylation sites (N-methyl/N-ethyl adjacent to an activating group) is 1. The van der Waals surface area contributed by atoms with Gasteiger partial charge in [-0.1, -0.05) is 12.1 Å². The number of amides is 1. The predicted molar refractivity (Wildman–Crippen MR) is 90.4 cm³/mol. The molecule has 1 aromatic carbocycles. The number of thioether (sulfide) groups is 1. The molecule has 0 saturated carbocycles. The summed E-state index contributed by atoms with van der Waals surface area (Å²) in [7, 11) is 1.55. The van der Waals surface area contributed by atoms with Crippen LogP contribution in [-0.2, 0) is 24.1 Å². The fraction of sp³-hybridized carbons (Fsp3) is 0.294. The first kappa shape index (κ1) is 19.1. The number of nitrogens with zero attached hydrogens (tertiary/aromatic N) is 2. The highest BCUT2D eigenvalue weighted by Gasteiger charge is 2.34. The molecule has 1 heterocycles. The molecule has 0 aliphatic rings. The quantitative estimate of drug-likeness (QED) is 0.759. The van der Waals surface area contributed by atoms with E-state index in [1.165, 1.54) is 11.1 Å². The van der Waals surface area contributed by atoms with E-state index < -0.39 is 29.8 Å².